The number of H-pyrrole nitrogens is 1. The van der Waals surface area contributed by atoms with Crippen molar-refractivity contribution in [2.45, 2.75) is 45.2 Å². The monoisotopic (exact) mass is 327 g/mol. The maximum Gasteiger partial charge on any atom is 0.274 e. The van der Waals surface area contributed by atoms with E-state index in [9.17, 15) is 4.79 Å². The van der Waals surface area contributed by atoms with Crippen molar-refractivity contribution in [1.82, 2.24) is 24.5 Å². The van der Waals surface area contributed by atoms with E-state index in [-0.39, 0.29) is 11.6 Å². The maximum atomic E-state index is 12.2. The molecule has 126 valence electrons. The van der Waals surface area contributed by atoms with Crippen LogP contribution in [0.1, 0.15) is 49.0 Å². The number of hydrogen-bond acceptors (Lipinski definition) is 5. The molecule has 3 aromatic heterocycles. The Hall–Kier alpha value is -2.41. The summed E-state index contributed by atoms with van der Waals surface area (Å²) in [6.45, 7) is 3.42. The Morgan fingerprint density at radius 3 is 3.08 bits per heavy atom. The summed E-state index contributed by atoms with van der Waals surface area (Å²) in [5.74, 6) is 2.10. The molecule has 4 rings (SSSR count). The topological polar surface area (TPSA) is 79.4 Å². The average molecular weight is 327 g/mol. The molecule has 0 amide bonds. The van der Waals surface area contributed by atoms with Gasteiger partial charge in [-0.1, -0.05) is 12.8 Å². The Labute approximate surface area is 139 Å². The first-order valence-corrected chi connectivity index (χ1v) is 8.43. The molecule has 1 aliphatic rings. The summed E-state index contributed by atoms with van der Waals surface area (Å²) in [7, 11) is 0. The van der Waals surface area contributed by atoms with E-state index in [4.69, 9.17) is 4.42 Å². The summed E-state index contributed by atoms with van der Waals surface area (Å²) in [4.78, 5) is 23.4. The molecule has 1 N–H and O–H groups in total. The van der Waals surface area contributed by atoms with Gasteiger partial charge in [-0.2, -0.15) is 9.50 Å². The van der Waals surface area contributed by atoms with Gasteiger partial charge < -0.3 is 4.42 Å². The number of aryl methyl sites for hydroxylation is 1. The van der Waals surface area contributed by atoms with Crippen molar-refractivity contribution in [2.24, 2.45) is 0 Å². The van der Waals surface area contributed by atoms with Gasteiger partial charge in [-0.3, -0.25) is 14.8 Å². The number of likely N-dealkylation sites (tertiary alicyclic amines) is 1. The second-order valence-corrected chi connectivity index (χ2v) is 6.38. The Morgan fingerprint density at radius 2 is 2.25 bits per heavy atom. The largest absolute Gasteiger partial charge is 0.468 e. The quantitative estimate of drug-likeness (QED) is 0.799. The smallest absolute Gasteiger partial charge is 0.274 e. The third kappa shape index (κ3) is 2.87. The van der Waals surface area contributed by atoms with Crippen LogP contribution in [0, 0.1) is 6.92 Å². The second-order valence-electron chi connectivity index (χ2n) is 6.38. The predicted molar refractivity (Wildman–Crippen MR) is 88.7 cm³/mol. The van der Waals surface area contributed by atoms with Crippen LogP contribution in [0.2, 0.25) is 0 Å². The minimum Gasteiger partial charge on any atom is -0.468 e. The molecule has 1 unspecified atom stereocenters. The fourth-order valence-electron chi connectivity index (χ4n) is 3.48. The van der Waals surface area contributed by atoms with E-state index in [1.807, 2.05) is 19.1 Å². The fraction of sp³-hybridized carbons (Fsp3) is 0.471. The number of nitrogens with one attached hydrogen (secondary N) is 1. The first-order valence-electron chi connectivity index (χ1n) is 8.43. The van der Waals surface area contributed by atoms with Crippen molar-refractivity contribution >= 4 is 5.78 Å². The normalized spacial score (nSPS) is 19.6. The minimum absolute atomic E-state index is 0.125. The molecule has 0 aliphatic carbocycles. The van der Waals surface area contributed by atoms with Crippen LogP contribution in [0.5, 0.6) is 0 Å². The molecule has 0 aromatic carbocycles. The SMILES string of the molecule is Cc1nc2nc(CN3CCCCCC3c3ccco3)cc(=O)n2[nH]1. The lowest BCUT2D eigenvalue weighted by atomic mass is 10.1. The van der Waals surface area contributed by atoms with Crippen LogP contribution in [0.15, 0.2) is 33.7 Å². The van der Waals surface area contributed by atoms with Gasteiger partial charge in [-0.05, 0) is 38.4 Å². The molecule has 3 aromatic rings. The maximum absolute atomic E-state index is 12.2. The lowest BCUT2D eigenvalue weighted by molar-refractivity contribution is 0.167. The van der Waals surface area contributed by atoms with Crippen LogP contribution >= 0.6 is 0 Å². The van der Waals surface area contributed by atoms with Crippen molar-refractivity contribution in [3.63, 3.8) is 0 Å². The van der Waals surface area contributed by atoms with Crippen molar-refractivity contribution in [3.8, 4) is 0 Å². The molecule has 0 radical (unpaired) electrons. The Kier molecular flexibility index (Phi) is 3.93. The predicted octanol–water partition coefficient (Wildman–Crippen LogP) is 2.44. The lowest BCUT2D eigenvalue weighted by Gasteiger charge is -2.27. The Morgan fingerprint density at radius 1 is 1.33 bits per heavy atom. The van der Waals surface area contributed by atoms with E-state index in [0.717, 1.165) is 30.8 Å². The molecular weight excluding hydrogens is 306 g/mol. The van der Waals surface area contributed by atoms with E-state index in [0.29, 0.717) is 18.1 Å². The number of rotatable bonds is 3. The van der Waals surface area contributed by atoms with Crippen molar-refractivity contribution in [3.05, 3.63) is 52.1 Å². The van der Waals surface area contributed by atoms with Crippen LogP contribution in [0.25, 0.3) is 5.78 Å². The summed E-state index contributed by atoms with van der Waals surface area (Å²) >= 11 is 0. The van der Waals surface area contributed by atoms with Gasteiger partial charge in [-0.25, -0.2) is 4.98 Å². The first-order chi connectivity index (χ1) is 11.7. The van der Waals surface area contributed by atoms with Gasteiger partial charge in [0, 0.05) is 12.6 Å². The van der Waals surface area contributed by atoms with Crippen LogP contribution in [-0.4, -0.2) is 31.0 Å². The summed E-state index contributed by atoms with van der Waals surface area (Å²) < 4.78 is 7.03. The van der Waals surface area contributed by atoms with Crippen LogP contribution in [-0.2, 0) is 6.54 Å². The molecule has 1 saturated heterocycles. The van der Waals surface area contributed by atoms with E-state index < -0.39 is 0 Å². The van der Waals surface area contributed by atoms with Crippen molar-refractivity contribution < 1.29 is 4.42 Å². The van der Waals surface area contributed by atoms with Crippen LogP contribution in [0.3, 0.4) is 0 Å². The van der Waals surface area contributed by atoms with Gasteiger partial charge in [0.2, 0.25) is 0 Å². The Bertz CT molecular complexity index is 880. The highest BCUT2D eigenvalue weighted by atomic mass is 16.3. The second kappa shape index (κ2) is 6.24. The fourth-order valence-corrected chi connectivity index (χ4v) is 3.48. The standard InChI is InChI=1S/C17H21N5O2/c1-12-18-17-19-13(10-16(23)22(17)20-12)11-21-8-4-2-3-6-14(21)15-7-5-9-24-15/h5,7,9-10,14H,2-4,6,8,11H2,1H3,(H,18,19,20). The summed E-state index contributed by atoms with van der Waals surface area (Å²) in [6, 6.07) is 5.80. The number of aromatic amines is 1. The Balaban J connectivity index is 1.65. The molecule has 1 atom stereocenters. The zero-order chi connectivity index (χ0) is 16.5. The van der Waals surface area contributed by atoms with Gasteiger partial charge in [0.15, 0.2) is 0 Å². The average Bonchev–Trinajstić information content (AvgIpc) is 3.14. The van der Waals surface area contributed by atoms with Gasteiger partial charge in [0.05, 0.1) is 18.0 Å². The molecule has 1 fully saturated rings. The van der Waals surface area contributed by atoms with E-state index in [2.05, 4.69) is 20.0 Å². The summed E-state index contributed by atoms with van der Waals surface area (Å²) in [6.07, 6.45) is 6.36. The highest BCUT2D eigenvalue weighted by Crippen LogP contribution is 2.31. The number of furan rings is 1. The molecule has 7 heteroatoms. The van der Waals surface area contributed by atoms with Gasteiger partial charge in [0.1, 0.15) is 11.6 Å². The molecule has 1 aliphatic heterocycles. The molecule has 0 bridgehead atoms. The third-order valence-electron chi connectivity index (χ3n) is 4.60. The number of nitrogens with zero attached hydrogens (tertiary/aromatic N) is 4. The highest BCUT2D eigenvalue weighted by Gasteiger charge is 2.25. The van der Waals surface area contributed by atoms with Crippen molar-refractivity contribution in [2.75, 3.05) is 6.54 Å². The van der Waals surface area contributed by atoms with Gasteiger partial charge in [-0.15, -0.1) is 0 Å². The van der Waals surface area contributed by atoms with Crippen molar-refractivity contribution in [1.29, 1.82) is 0 Å². The van der Waals surface area contributed by atoms with E-state index in [1.54, 1.807) is 12.3 Å². The molecule has 7 nitrogen and oxygen atoms in total. The number of fused-ring (bicyclic) bond motifs is 1. The molecule has 0 spiro atoms. The molecular formula is C17H21N5O2. The van der Waals surface area contributed by atoms with Crippen LogP contribution < -0.4 is 5.56 Å². The summed E-state index contributed by atoms with van der Waals surface area (Å²) in [5.41, 5.74) is 0.630. The number of aromatic nitrogens is 4. The van der Waals surface area contributed by atoms with Crippen LogP contribution in [0.4, 0.5) is 0 Å². The molecule has 24 heavy (non-hydrogen) atoms. The number of hydrogen-bond donors (Lipinski definition) is 1. The van der Waals surface area contributed by atoms with Gasteiger partial charge >= 0.3 is 0 Å². The zero-order valence-electron chi connectivity index (χ0n) is 13.7. The van der Waals surface area contributed by atoms with E-state index >= 15 is 0 Å². The minimum atomic E-state index is -0.125. The molecule has 4 heterocycles. The summed E-state index contributed by atoms with van der Waals surface area (Å²) in [5, 5.41) is 2.90. The first kappa shape index (κ1) is 15.1. The van der Waals surface area contributed by atoms with Gasteiger partial charge in [0.25, 0.3) is 11.3 Å². The lowest BCUT2D eigenvalue weighted by Crippen LogP contribution is -2.29. The molecule has 0 saturated carbocycles. The highest BCUT2D eigenvalue weighted by molar-refractivity contribution is 5.27. The zero-order valence-corrected chi connectivity index (χ0v) is 13.7. The third-order valence-corrected chi connectivity index (χ3v) is 4.60. The van der Waals surface area contributed by atoms with E-state index in [1.165, 1.54) is 17.4 Å².